The van der Waals surface area contributed by atoms with Crippen LogP contribution in [0, 0.1) is 12.8 Å². The van der Waals surface area contributed by atoms with Gasteiger partial charge in [-0.25, -0.2) is 19.4 Å². The highest BCUT2D eigenvalue weighted by Crippen LogP contribution is 2.39. The van der Waals surface area contributed by atoms with Gasteiger partial charge in [-0.1, -0.05) is 18.2 Å². The van der Waals surface area contributed by atoms with Crippen LogP contribution >= 0.6 is 0 Å². The fourth-order valence-corrected chi connectivity index (χ4v) is 2.96. The van der Waals surface area contributed by atoms with Crippen LogP contribution in [0.15, 0.2) is 55.0 Å². The molecule has 7 nitrogen and oxygen atoms in total. The molecule has 132 valence electrons. The van der Waals surface area contributed by atoms with Crippen LogP contribution in [-0.4, -0.2) is 25.8 Å². The molecule has 1 fully saturated rings. The Balaban J connectivity index is 1.47. The average Bonchev–Trinajstić information content (AvgIpc) is 3.46. The van der Waals surface area contributed by atoms with Gasteiger partial charge in [-0.2, -0.15) is 5.10 Å². The second-order valence-electron chi connectivity index (χ2n) is 6.41. The minimum Gasteiger partial charge on any atom is -0.328 e. The molecule has 0 radical (unpaired) electrons. The van der Waals surface area contributed by atoms with E-state index < -0.39 is 0 Å². The second-order valence-corrected chi connectivity index (χ2v) is 6.41. The highest BCUT2D eigenvalue weighted by atomic mass is 16.2. The molecule has 2 heterocycles. The quantitative estimate of drug-likeness (QED) is 0.741. The lowest BCUT2D eigenvalue weighted by molar-refractivity contribution is 0.246. The average molecular weight is 348 g/mol. The van der Waals surface area contributed by atoms with Gasteiger partial charge in [0.1, 0.15) is 0 Å². The Morgan fingerprint density at radius 2 is 1.88 bits per heavy atom. The number of amides is 2. The molecule has 3 aromatic rings. The molecule has 0 saturated heterocycles. The standard InChI is InChI=1S/C19H20N6O/c1-13-16(12-22-25(13)15-6-3-2-4-7-15)23-19(26)24-17(14-8-9-14)18-20-10-5-11-21-18/h2-7,10-12,14,17H,8-9H2,1H3,(H2,23,24,26). The molecule has 0 spiro atoms. The molecule has 2 aromatic heterocycles. The Hall–Kier alpha value is -3.22. The van der Waals surface area contributed by atoms with Gasteiger partial charge in [-0.15, -0.1) is 0 Å². The molecule has 2 N–H and O–H groups in total. The van der Waals surface area contributed by atoms with Crippen LogP contribution in [0.25, 0.3) is 5.69 Å². The molecule has 1 unspecified atom stereocenters. The molecule has 1 aliphatic rings. The number of para-hydroxylation sites is 1. The number of benzene rings is 1. The summed E-state index contributed by atoms with van der Waals surface area (Å²) in [5.41, 5.74) is 2.49. The van der Waals surface area contributed by atoms with E-state index in [9.17, 15) is 4.79 Å². The van der Waals surface area contributed by atoms with Crippen LogP contribution in [0.5, 0.6) is 0 Å². The zero-order valence-electron chi connectivity index (χ0n) is 14.5. The first kappa shape index (κ1) is 16.3. The van der Waals surface area contributed by atoms with Crippen LogP contribution in [0.4, 0.5) is 10.5 Å². The number of urea groups is 1. The van der Waals surface area contributed by atoms with Crippen LogP contribution < -0.4 is 10.6 Å². The van der Waals surface area contributed by atoms with Gasteiger partial charge in [0.15, 0.2) is 5.82 Å². The Bertz CT molecular complexity index is 889. The minimum atomic E-state index is -0.273. The van der Waals surface area contributed by atoms with E-state index in [0.29, 0.717) is 17.4 Å². The normalized spacial score (nSPS) is 14.7. The molecule has 26 heavy (non-hydrogen) atoms. The predicted molar refractivity (Wildman–Crippen MR) is 98.0 cm³/mol. The molecule has 0 aliphatic heterocycles. The van der Waals surface area contributed by atoms with Gasteiger partial charge in [0.2, 0.25) is 0 Å². The highest BCUT2D eigenvalue weighted by molar-refractivity contribution is 5.90. The first-order chi connectivity index (χ1) is 12.7. The maximum absolute atomic E-state index is 12.5. The van der Waals surface area contributed by atoms with Crippen LogP contribution in [0.2, 0.25) is 0 Å². The molecular formula is C19H20N6O. The molecule has 1 aromatic carbocycles. The third-order valence-corrected chi connectivity index (χ3v) is 4.50. The van der Waals surface area contributed by atoms with Crippen molar-refractivity contribution in [2.75, 3.05) is 5.32 Å². The lowest BCUT2D eigenvalue weighted by Gasteiger charge is -2.17. The molecule has 1 aliphatic carbocycles. The fraction of sp³-hybridized carbons (Fsp3) is 0.263. The smallest absolute Gasteiger partial charge is 0.319 e. The molecule has 7 heteroatoms. The van der Waals surface area contributed by atoms with E-state index in [1.807, 2.05) is 37.3 Å². The molecular weight excluding hydrogens is 328 g/mol. The zero-order valence-corrected chi connectivity index (χ0v) is 14.5. The van der Waals surface area contributed by atoms with Gasteiger partial charge in [0.05, 0.1) is 29.3 Å². The van der Waals surface area contributed by atoms with Gasteiger partial charge >= 0.3 is 6.03 Å². The van der Waals surface area contributed by atoms with Crippen LogP contribution in [0.1, 0.15) is 30.4 Å². The van der Waals surface area contributed by atoms with E-state index >= 15 is 0 Å². The van der Waals surface area contributed by atoms with Crippen LogP contribution in [0.3, 0.4) is 0 Å². The van der Waals surface area contributed by atoms with Gasteiger partial charge < -0.3 is 10.6 Å². The lowest BCUT2D eigenvalue weighted by atomic mass is 10.1. The number of anilines is 1. The third kappa shape index (κ3) is 3.42. The third-order valence-electron chi connectivity index (χ3n) is 4.50. The predicted octanol–water partition coefficient (Wildman–Crippen LogP) is 3.24. The number of carbonyl (C=O) groups is 1. The summed E-state index contributed by atoms with van der Waals surface area (Å²) in [6.45, 7) is 1.92. The Kier molecular flexibility index (Phi) is 4.35. The Labute approximate surface area is 151 Å². The van der Waals surface area contributed by atoms with Gasteiger partial charge in [-0.05, 0) is 43.9 Å². The SMILES string of the molecule is Cc1c(NC(=O)NC(c2ncccn2)C2CC2)cnn1-c1ccccc1. The van der Waals surface area contributed by atoms with Crippen molar-refractivity contribution in [1.82, 2.24) is 25.1 Å². The number of rotatable bonds is 5. The van der Waals surface area contributed by atoms with Crippen LogP contribution in [-0.2, 0) is 0 Å². The van der Waals surface area contributed by atoms with Crippen molar-refractivity contribution in [3.8, 4) is 5.69 Å². The van der Waals surface area contributed by atoms with Gasteiger partial charge in [0, 0.05) is 12.4 Å². The number of aromatic nitrogens is 4. The summed E-state index contributed by atoms with van der Waals surface area (Å²) in [4.78, 5) is 21.1. The lowest BCUT2D eigenvalue weighted by Crippen LogP contribution is -2.34. The molecule has 1 atom stereocenters. The van der Waals surface area contributed by atoms with E-state index in [2.05, 4.69) is 25.7 Å². The van der Waals surface area contributed by atoms with Gasteiger partial charge in [-0.3, -0.25) is 0 Å². The number of hydrogen-bond acceptors (Lipinski definition) is 4. The van der Waals surface area contributed by atoms with Crippen molar-refractivity contribution in [3.05, 3.63) is 66.5 Å². The van der Waals surface area contributed by atoms with Crippen molar-refractivity contribution in [2.45, 2.75) is 25.8 Å². The summed E-state index contributed by atoms with van der Waals surface area (Å²) >= 11 is 0. The summed E-state index contributed by atoms with van der Waals surface area (Å²) in [7, 11) is 0. The van der Waals surface area contributed by atoms with Crippen molar-refractivity contribution < 1.29 is 4.79 Å². The largest absolute Gasteiger partial charge is 0.328 e. The number of nitrogens with zero attached hydrogens (tertiary/aromatic N) is 4. The summed E-state index contributed by atoms with van der Waals surface area (Å²) in [5, 5.41) is 10.3. The van der Waals surface area contributed by atoms with E-state index in [1.54, 1.807) is 29.3 Å². The first-order valence-corrected chi connectivity index (χ1v) is 8.67. The number of hydrogen-bond donors (Lipinski definition) is 2. The van der Waals surface area contributed by atoms with E-state index in [4.69, 9.17) is 0 Å². The maximum Gasteiger partial charge on any atom is 0.319 e. The number of nitrogens with one attached hydrogen (secondary N) is 2. The van der Waals surface area contributed by atoms with Crippen molar-refractivity contribution >= 4 is 11.7 Å². The topological polar surface area (TPSA) is 84.7 Å². The first-order valence-electron chi connectivity index (χ1n) is 8.67. The highest BCUT2D eigenvalue weighted by Gasteiger charge is 2.35. The second kappa shape index (κ2) is 6.95. The summed E-state index contributed by atoms with van der Waals surface area (Å²) in [5.74, 6) is 1.05. The maximum atomic E-state index is 12.5. The fourth-order valence-electron chi connectivity index (χ4n) is 2.96. The van der Waals surface area contributed by atoms with E-state index in [0.717, 1.165) is 24.2 Å². The van der Waals surface area contributed by atoms with E-state index in [-0.39, 0.29) is 12.1 Å². The van der Waals surface area contributed by atoms with Gasteiger partial charge in [0.25, 0.3) is 0 Å². The Morgan fingerprint density at radius 1 is 1.15 bits per heavy atom. The Morgan fingerprint density at radius 3 is 2.58 bits per heavy atom. The van der Waals surface area contributed by atoms with Crippen molar-refractivity contribution in [3.63, 3.8) is 0 Å². The number of carbonyl (C=O) groups excluding carboxylic acids is 1. The molecule has 2 amide bonds. The minimum absolute atomic E-state index is 0.166. The molecule has 4 rings (SSSR count). The summed E-state index contributed by atoms with van der Waals surface area (Å²) in [6, 6.07) is 11.1. The molecule has 0 bridgehead atoms. The molecule has 1 saturated carbocycles. The summed E-state index contributed by atoms with van der Waals surface area (Å²) in [6.07, 6.45) is 7.21. The monoisotopic (exact) mass is 348 g/mol. The van der Waals surface area contributed by atoms with Crippen molar-refractivity contribution in [2.24, 2.45) is 5.92 Å². The van der Waals surface area contributed by atoms with E-state index in [1.165, 1.54) is 0 Å². The van der Waals surface area contributed by atoms with Crippen molar-refractivity contribution in [1.29, 1.82) is 0 Å². The zero-order chi connectivity index (χ0) is 17.9. The summed E-state index contributed by atoms with van der Waals surface area (Å²) < 4.78 is 1.80.